The Morgan fingerprint density at radius 3 is 2.25 bits per heavy atom. The third-order valence-corrected chi connectivity index (χ3v) is 7.61. The molecule has 14 heteroatoms. The predicted octanol–water partition coefficient (Wildman–Crippen LogP) is 1.68. The minimum atomic E-state index is -4.77. The van der Waals surface area contributed by atoms with Crippen molar-refractivity contribution >= 4 is 39.8 Å². The number of rotatable bonds is 4. The number of sulfone groups is 1. The van der Waals surface area contributed by atoms with Crippen LogP contribution in [0.5, 0.6) is 0 Å². The van der Waals surface area contributed by atoms with E-state index >= 15 is 0 Å². The van der Waals surface area contributed by atoms with Crippen molar-refractivity contribution in [1.82, 2.24) is 16.2 Å². The Morgan fingerprint density at radius 1 is 1.16 bits per heavy atom. The SMILES string of the molecule is Cl.NC1=NC(N)(c2cc(Cl)c(-c3ccc(S(=O)(=O)C4CNC4)cc3)c(C(F)(F)F)c2)NN1. The van der Waals surface area contributed by atoms with Crippen LogP contribution in [0.25, 0.3) is 11.1 Å². The first-order valence-electron chi connectivity index (χ1n) is 9.05. The van der Waals surface area contributed by atoms with Gasteiger partial charge in [0.1, 0.15) is 0 Å². The summed E-state index contributed by atoms with van der Waals surface area (Å²) in [6.45, 7) is 0.679. The third kappa shape index (κ3) is 4.26. The fraction of sp³-hybridized carbons (Fsp3) is 0.278. The zero-order valence-corrected chi connectivity index (χ0v) is 18.6. The van der Waals surface area contributed by atoms with Crippen LogP contribution in [0.1, 0.15) is 11.1 Å². The second kappa shape index (κ2) is 8.36. The molecule has 2 heterocycles. The standard InChI is InChI=1S/C18H18ClF3N6O2S.ClH/c19-14-6-10(18(24)26-16(23)27-28-18)5-13(17(20,21)22)15(14)9-1-3-11(4-2-9)31(29,30)12-7-25-8-12;/h1-6,12,25,28H,7-8,24H2,(H3,23,26,27);1H. The Kier molecular flexibility index (Phi) is 6.41. The molecule has 0 saturated carbocycles. The van der Waals surface area contributed by atoms with Crippen molar-refractivity contribution in [3.05, 3.63) is 52.5 Å². The number of nitrogens with zero attached hydrogens (tertiary/aromatic N) is 1. The lowest BCUT2D eigenvalue weighted by Crippen LogP contribution is -2.51. The van der Waals surface area contributed by atoms with E-state index in [-0.39, 0.29) is 45.0 Å². The Morgan fingerprint density at radius 2 is 1.78 bits per heavy atom. The maximum absolute atomic E-state index is 13.9. The summed E-state index contributed by atoms with van der Waals surface area (Å²) >= 11 is 6.25. The molecule has 0 aromatic heterocycles. The van der Waals surface area contributed by atoms with Gasteiger partial charge in [-0.3, -0.25) is 11.2 Å². The molecule has 2 aromatic carbocycles. The molecule has 1 unspecified atom stereocenters. The van der Waals surface area contributed by atoms with Crippen molar-refractivity contribution < 1.29 is 21.6 Å². The number of nitrogens with one attached hydrogen (secondary N) is 3. The number of benzene rings is 2. The molecule has 4 rings (SSSR count). The first-order chi connectivity index (χ1) is 14.4. The topological polar surface area (TPSA) is 135 Å². The molecule has 2 aromatic rings. The highest BCUT2D eigenvalue weighted by Gasteiger charge is 2.39. The van der Waals surface area contributed by atoms with Crippen LogP contribution in [-0.4, -0.2) is 32.7 Å². The van der Waals surface area contributed by atoms with Gasteiger partial charge in [0.15, 0.2) is 9.84 Å². The van der Waals surface area contributed by atoms with Crippen LogP contribution in [0.3, 0.4) is 0 Å². The lowest BCUT2D eigenvalue weighted by Gasteiger charge is -2.27. The van der Waals surface area contributed by atoms with Crippen LogP contribution >= 0.6 is 24.0 Å². The molecule has 174 valence electrons. The van der Waals surface area contributed by atoms with Gasteiger partial charge in [0.05, 0.1) is 15.7 Å². The van der Waals surface area contributed by atoms with Gasteiger partial charge in [0.25, 0.3) is 0 Å². The molecule has 32 heavy (non-hydrogen) atoms. The second-order valence-electron chi connectivity index (χ2n) is 7.24. The number of hydrogen-bond donors (Lipinski definition) is 5. The molecular weight excluding hydrogens is 492 g/mol. The average Bonchev–Trinajstić information content (AvgIpc) is 2.99. The van der Waals surface area contributed by atoms with E-state index in [1.54, 1.807) is 0 Å². The Labute approximate surface area is 192 Å². The second-order valence-corrected chi connectivity index (χ2v) is 9.88. The smallest absolute Gasteiger partial charge is 0.369 e. The molecule has 0 spiro atoms. The van der Waals surface area contributed by atoms with Crippen LogP contribution in [0, 0.1) is 0 Å². The molecule has 0 amide bonds. The maximum atomic E-state index is 13.9. The van der Waals surface area contributed by atoms with E-state index in [1.807, 2.05) is 0 Å². The van der Waals surface area contributed by atoms with Crippen molar-refractivity contribution in [1.29, 1.82) is 0 Å². The number of halogens is 5. The van der Waals surface area contributed by atoms with Gasteiger partial charge in [0.2, 0.25) is 11.7 Å². The lowest BCUT2D eigenvalue weighted by molar-refractivity contribution is -0.137. The summed E-state index contributed by atoms with van der Waals surface area (Å²) in [5.41, 5.74) is 15.2. The normalized spacial score (nSPS) is 21.3. The summed E-state index contributed by atoms with van der Waals surface area (Å²) in [6, 6.07) is 7.27. The van der Waals surface area contributed by atoms with Gasteiger partial charge in [-0.05, 0) is 29.8 Å². The lowest BCUT2D eigenvalue weighted by atomic mass is 9.95. The monoisotopic (exact) mass is 510 g/mol. The van der Waals surface area contributed by atoms with Crippen LogP contribution in [0.2, 0.25) is 5.02 Å². The summed E-state index contributed by atoms with van der Waals surface area (Å²) in [7, 11) is -3.56. The number of guanidine groups is 1. The van der Waals surface area contributed by atoms with Crippen molar-refractivity contribution in [2.24, 2.45) is 16.5 Å². The largest absolute Gasteiger partial charge is 0.417 e. The Balaban J connectivity index is 0.00000289. The number of hydrazine groups is 1. The van der Waals surface area contributed by atoms with Crippen LogP contribution in [0.15, 0.2) is 46.3 Å². The van der Waals surface area contributed by atoms with Crippen LogP contribution < -0.4 is 27.6 Å². The summed E-state index contributed by atoms with van der Waals surface area (Å²) in [4.78, 5) is 3.92. The maximum Gasteiger partial charge on any atom is 0.417 e. The van der Waals surface area contributed by atoms with Gasteiger partial charge < -0.3 is 11.1 Å². The first kappa shape index (κ1) is 24.6. The molecule has 2 aliphatic rings. The van der Waals surface area contributed by atoms with Gasteiger partial charge in [0, 0.05) is 29.2 Å². The number of hydrogen-bond acceptors (Lipinski definition) is 8. The minimum Gasteiger partial charge on any atom is -0.369 e. The molecule has 8 nitrogen and oxygen atoms in total. The summed E-state index contributed by atoms with van der Waals surface area (Å²) in [6.07, 6.45) is -4.77. The van der Waals surface area contributed by atoms with Gasteiger partial charge in [-0.2, -0.15) is 18.6 Å². The van der Waals surface area contributed by atoms with E-state index in [9.17, 15) is 21.6 Å². The molecule has 7 N–H and O–H groups in total. The molecule has 1 atom stereocenters. The Hall–Kier alpha value is -2.09. The van der Waals surface area contributed by atoms with E-state index in [4.69, 9.17) is 23.1 Å². The van der Waals surface area contributed by atoms with Crippen molar-refractivity contribution in [2.45, 2.75) is 22.1 Å². The van der Waals surface area contributed by atoms with Gasteiger partial charge >= 0.3 is 6.18 Å². The van der Waals surface area contributed by atoms with Gasteiger partial charge in [-0.25, -0.2) is 13.4 Å². The summed E-state index contributed by atoms with van der Waals surface area (Å²) < 4.78 is 66.8. The molecule has 0 radical (unpaired) electrons. The van der Waals surface area contributed by atoms with Crippen molar-refractivity contribution in [3.63, 3.8) is 0 Å². The highest BCUT2D eigenvalue weighted by atomic mass is 35.5. The van der Waals surface area contributed by atoms with E-state index in [2.05, 4.69) is 21.2 Å². The number of alkyl halides is 3. The molecule has 0 aliphatic carbocycles. The van der Waals surface area contributed by atoms with E-state index in [0.717, 1.165) is 6.07 Å². The first-order valence-corrected chi connectivity index (χ1v) is 11.0. The van der Waals surface area contributed by atoms with Crippen molar-refractivity contribution in [3.8, 4) is 11.1 Å². The Bertz CT molecular complexity index is 1170. The third-order valence-electron chi connectivity index (χ3n) is 5.17. The van der Waals surface area contributed by atoms with Gasteiger partial charge in [-0.1, -0.05) is 23.7 Å². The highest BCUT2D eigenvalue weighted by molar-refractivity contribution is 7.92. The highest BCUT2D eigenvalue weighted by Crippen LogP contribution is 2.43. The zero-order valence-electron chi connectivity index (χ0n) is 16.2. The van der Waals surface area contributed by atoms with E-state index < -0.39 is 32.6 Å². The quantitative estimate of drug-likeness (QED) is 0.422. The van der Waals surface area contributed by atoms with E-state index in [0.29, 0.717) is 13.1 Å². The van der Waals surface area contributed by atoms with E-state index in [1.165, 1.54) is 30.3 Å². The molecule has 0 bridgehead atoms. The summed E-state index contributed by atoms with van der Waals surface area (Å²) in [5, 5.41) is 2.11. The summed E-state index contributed by atoms with van der Waals surface area (Å²) in [5.74, 6) is -1.82. The molecule has 1 fully saturated rings. The zero-order chi connectivity index (χ0) is 22.6. The average molecular weight is 511 g/mol. The molecule has 1 saturated heterocycles. The van der Waals surface area contributed by atoms with Crippen LogP contribution in [0.4, 0.5) is 13.2 Å². The van der Waals surface area contributed by atoms with Crippen molar-refractivity contribution in [2.75, 3.05) is 13.1 Å². The fourth-order valence-corrected chi connectivity index (χ4v) is 5.27. The molecular formula is C18H19Cl2F3N6O2S. The van der Waals surface area contributed by atoms with Crippen LogP contribution in [-0.2, 0) is 21.8 Å². The molecule has 2 aliphatic heterocycles. The fourth-order valence-electron chi connectivity index (χ4n) is 3.37. The minimum absolute atomic E-state index is 0. The number of nitrogens with two attached hydrogens (primary N) is 2. The number of aliphatic imine (C=N–C) groups is 1. The predicted molar refractivity (Wildman–Crippen MR) is 117 cm³/mol. The van der Waals surface area contributed by atoms with Gasteiger partial charge in [-0.15, -0.1) is 12.4 Å².